The van der Waals surface area contributed by atoms with E-state index in [1.807, 2.05) is 0 Å². The van der Waals surface area contributed by atoms with E-state index in [-0.39, 0.29) is 5.56 Å². The Balaban J connectivity index is 3.16. The molecular weight excluding hydrogens is 195 g/mol. The molecule has 0 bridgehead atoms. The zero-order valence-electron chi connectivity index (χ0n) is 6.03. The van der Waals surface area contributed by atoms with Crippen molar-refractivity contribution in [1.82, 2.24) is 4.98 Å². The molecule has 0 fully saturated rings. The highest BCUT2D eigenvalue weighted by molar-refractivity contribution is 8.77. The van der Waals surface area contributed by atoms with Crippen LogP contribution in [-0.4, -0.2) is 4.98 Å². The molecule has 2 N–H and O–H groups in total. The molecule has 1 heterocycles. The van der Waals surface area contributed by atoms with Gasteiger partial charge in [-0.2, -0.15) is 0 Å². The van der Waals surface area contributed by atoms with Gasteiger partial charge in [0.15, 0.2) is 5.82 Å². The van der Waals surface area contributed by atoms with E-state index in [4.69, 9.17) is 11.6 Å². The number of hydrogen-bond acceptors (Lipinski definition) is 3. The minimum absolute atomic E-state index is 0.173. The molecule has 1 aromatic rings. The zero-order chi connectivity index (χ0) is 9.14. The summed E-state index contributed by atoms with van der Waals surface area (Å²) < 4.78 is 12.8. The maximum absolute atomic E-state index is 12.8. The summed E-state index contributed by atoms with van der Waals surface area (Å²) in [4.78, 5) is 3.74. The van der Waals surface area contributed by atoms with E-state index in [2.05, 4.69) is 22.6 Å². The van der Waals surface area contributed by atoms with Crippen LogP contribution >= 0.6 is 21.8 Å². The minimum atomic E-state index is -1.11. The number of thiol groups is 2. The molecule has 1 atom stereocenters. The highest BCUT2D eigenvalue weighted by atomic mass is 33.1. The molecule has 12 heavy (non-hydrogen) atoms. The van der Waals surface area contributed by atoms with Gasteiger partial charge in [0.25, 0.3) is 0 Å². The van der Waals surface area contributed by atoms with Crippen molar-refractivity contribution in [3.8, 4) is 12.3 Å². The number of nitrogens with zero attached hydrogens (tertiary/aromatic N) is 1. The third kappa shape index (κ3) is 1.91. The van der Waals surface area contributed by atoms with Gasteiger partial charge in [0.05, 0.1) is 16.8 Å². The van der Waals surface area contributed by atoms with E-state index in [0.29, 0.717) is 5.03 Å². The summed E-state index contributed by atoms with van der Waals surface area (Å²) in [6.45, 7) is 0. The van der Waals surface area contributed by atoms with Crippen molar-refractivity contribution in [1.29, 1.82) is 0 Å². The molecule has 0 amide bonds. The maximum atomic E-state index is 12.8. The standard InChI is InChI=1S/C7H7FN2S2/c1-2-5-3-7(12(9)11)10-4-6(5)8/h1,3-4,11-12H,9H2. The van der Waals surface area contributed by atoms with E-state index in [9.17, 15) is 4.39 Å². The Labute approximate surface area is 77.7 Å². The predicted octanol–water partition coefficient (Wildman–Crippen LogP) is 1.28. The molecule has 5 heteroatoms. The Kier molecular flexibility index (Phi) is 2.98. The number of aromatic nitrogens is 1. The lowest BCUT2D eigenvalue weighted by molar-refractivity contribution is 0.614. The topological polar surface area (TPSA) is 38.9 Å². The first-order chi connectivity index (χ1) is 5.65. The molecule has 1 rings (SSSR count). The van der Waals surface area contributed by atoms with Crippen LogP contribution in [0.2, 0.25) is 0 Å². The third-order valence-electron chi connectivity index (χ3n) is 1.23. The zero-order valence-corrected chi connectivity index (χ0v) is 7.82. The first-order valence-electron chi connectivity index (χ1n) is 3.01. The summed E-state index contributed by atoms with van der Waals surface area (Å²) in [5.41, 5.74) is 0.173. The fraction of sp³-hybridized carbons (Fsp3) is 0. The average Bonchev–Trinajstić information content (AvgIpc) is 2.05. The molecule has 2 nitrogen and oxygen atoms in total. The summed E-state index contributed by atoms with van der Waals surface area (Å²) in [5, 5.41) is 5.99. The lowest BCUT2D eigenvalue weighted by Crippen LogP contribution is -1.94. The van der Waals surface area contributed by atoms with E-state index < -0.39 is 15.9 Å². The number of terminal acetylenes is 1. The quantitative estimate of drug-likeness (QED) is 0.365. The van der Waals surface area contributed by atoms with Crippen LogP contribution < -0.4 is 5.14 Å². The van der Waals surface area contributed by atoms with Gasteiger partial charge in [-0.3, -0.25) is 5.14 Å². The molecule has 0 spiro atoms. The first kappa shape index (κ1) is 9.39. The monoisotopic (exact) mass is 202 g/mol. The van der Waals surface area contributed by atoms with Gasteiger partial charge in [0.2, 0.25) is 0 Å². The second-order valence-corrected chi connectivity index (χ2v) is 4.45. The summed E-state index contributed by atoms with van der Waals surface area (Å²) in [6.07, 6.45) is 6.10. The van der Waals surface area contributed by atoms with Gasteiger partial charge in [-0.25, -0.2) is 9.37 Å². The second-order valence-electron chi connectivity index (χ2n) is 2.01. The number of halogens is 1. The van der Waals surface area contributed by atoms with Gasteiger partial charge in [-0.1, -0.05) is 5.92 Å². The highest BCUT2D eigenvalue weighted by Gasteiger charge is 2.03. The van der Waals surface area contributed by atoms with Crippen LogP contribution in [0.25, 0.3) is 0 Å². The van der Waals surface area contributed by atoms with Crippen LogP contribution in [0.3, 0.4) is 0 Å². The van der Waals surface area contributed by atoms with Crippen molar-refractivity contribution in [2.45, 2.75) is 5.03 Å². The largest absolute Gasteiger partial charge is 0.284 e. The molecule has 0 saturated heterocycles. The molecular formula is C7H7FN2S2. The molecule has 0 saturated carbocycles. The Morgan fingerprint density at radius 1 is 1.75 bits per heavy atom. The average molecular weight is 202 g/mol. The Hall–Kier alpha value is -0.700. The van der Waals surface area contributed by atoms with E-state index in [1.54, 1.807) is 0 Å². The van der Waals surface area contributed by atoms with E-state index >= 15 is 0 Å². The summed E-state index contributed by atoms with van der Waals surface area (Å²) in [6, 6.07) is 1.44. The van der Waals surface area contributed by atoms with Gasteiger partial charge in [-0.05, 0) is 6.07 Å². The van der Waals surface area contributed by atoms with Crippen LogP contribution in [0.15, 0.2) is 17.3 Å². The van der Waals surface area contributed by atoms with E-state index in [0.717, 1.165) is 6.20 Å². The molecule has 0 aliphatic carbocycles. The lowest BCUT2D eigenvalue weighted by Gasteiger charge is -2.07. The van der Waals surface area contributed by atoms with Crippen LogP contribution in [-0.2, 0) is 0 Å². The fourth-order valence-corrected chi connectivity index (χ4v) is 1.43. The van der Waals surface area contributed by atoms with Crippen molar-refractivity contribution >= 4 is 21.8 Å². The Bertz CT molecular complexity index is 333. The second kappa shape index (κ2) is 3.81. The summed E-state index contributed by atoms with van der Waals surface area (Å²) in [7, 11) is -1.11. The Morgan fingerprint density at radius 2 is 2.42 bits per heavy atom. The van der Waals surface area contributed by atoms with Gasteiger partial charge < -0.3 is 0 Å². The van der Waals surface area contributed by atoms with Crippen LogP contribution in [0, 0.1) is 18.2 Å². The number of nitrogens with two attached hydrogens (primary N) is 1. The Morgan fingerprint density at radius 3 is 2.92 bits per heavy atom. The minimum Gasteiger partial charge on any atom is -0.284 e. The smallest absolute Gasteiger partial charge is 0.157 e. The normalized spacial score (nSPS) is 13.7. The van der Waals surface area contributed by atoms with Gasteiger partial charge in [-0.15, -0.1) is 28.2 Å². The summed E-state index contributed by atoms with van der Waals surface area (Å²) >= 11 is 4.00. The van der Waals surface area contributed by atoms with Crippen LogP contribution in [0.5, 0.6) is 0 Å². The van der Waals surface area contributed by atoms with Crippen molar-refractivity contribution in [3.63, 3.8) is 0 Å². The van der Waals surface area contributed by atoms with Gasteiger partial charge in [0.1, 0.15) is 0 Å². The van der Waals surface area contributed by atoms with Crippen molar-refractivity contribution in [2.75, 3.05) is 0 Å². The summed E-state index contributed by atoms with van der Waals surface area (Å²) in [5.74, 6) is 1.69. The fourth-order valence-electron chi connectivity index (χ4n) is 0.664. The van der Waals surface area contributed by atoms with Crippen molar-refractivity contribution < 1.29 is 4.39 Å². The number of hydrogen-bond donors (Lipinski definition) is 3. The third-order valence-corrected chi connectivity index (χ3v) is 2.56. The van der Waals surface area contributed by atoms with Crippen molar-refractivity contribution in [2.24, 2.45) is 5.14 Å². The number of pyridine rings is 1. The van der Waals surface area contributed by atoms with Crippen molar-refractivity contribution in [3.05, 3.63) is 23.6 Å². The molecule has 0 aliphatic rings. The van der Waals surface area contributed by atoms with E-state index in [1.165, 1.54) is 6.07 Å². The number of rotatable bonds is 1. The SMILES string of the molecule is C#Cc1cc([SH](N)S)ncc1F. The molecule has 0 aromatic carbocycles. The lowest BCUT2D eigenvalue weighted by atomic mass is 10.3. The predicted molar refractivity (Wildman–Crippen MR) is 52.6 cm³/mol. The molecule has 1 aromatic heterocycles. The maximum Gasteiger partial charge on any atom is 0.157 e. The first-order valence-corrected chi connectivity index (χ1v) is 5.57. The van der Waals surface area contributed by atoms with Crippen LogP contribution in [0.1, 0.15) is 5.56 Å². The molecule has 0 aliphatic heterocycles. The molecule has 64 valence electrons. The molecule has 1 unspecified atom stereocenters. The van der Waals surface area contributed by atoms with Gasteiger partial charge in [0, 0.05) is 0 Å². The van der Waals surface area contributed by atoms with Gasteiger partial charge >= 0.3 is 0 Å². The highest BCUT2D eigenvalue weighted by Crippen LogP contribution is 2.30. The van der Waals surface area contributed by atoms with Crippen LogP contribution in [0.4, 0.5) is 4.39 Å². The molecule has 0 radical (unpaired) electrons.